The lowest BCUT2D eigenvalue weighted by molar-refractivity contribution is -0.139. The van der Waals surface area contributed by atoms with Gasteiger partial charge < -0.3 is 14.2 Å². The molecule has 0 aliphatic carbocycles. The molecule has 0 radical (unpaired) electrons. The van der Waals surface area contributed by atoms with Crippen molar-refractivity contribution >= 4 is 17.2 Å². The molecule has 1 atom stereocenters. The van der Waals surface area contributed by atoms with Gasteiger partial charge in [0.2, 0.25) is 11.7 Å². The van der Waals surface area contributed by atoms with Gasteiger partial charge in [0.05, 0.1) is 11.4 Å². The third-order valence-electron chi connectivity index (χ3n) is 4.93. The maximum Gasteiger partial charge on any atom is 0.263 e. The number of thiophene rings is 1. The minimum atomic E-state index is -0.506. The standard InChI is InChI=1S/C21H24N4O3S/c1-15-5-7-17(8-6-15)27-16(2)21(26)25-11-9-24(10-12-25)14-19-22-20(23-28-19)18-4-3-13-29-18/h3-8,13,16H,9-12,14H2,1-2H3. The molecule has 7 nitrogen and oxygen atoms in total. The Kier molecular flexibility index (Phi) is 5.92. The van der Waals surface area contributed by atoms with Crippen LogP contribution in [-0.4, -0.2) is 58.1 Å². The number of rotatable bonds is 6. The molecule has 29 heavy (non-hydrogen) atoms. The molecule has 2 aromatic heterocycles. The number of amides is 1. The van der Waals surface area contributed by atoms with Crippen molar-refractivity contribution in [1.29, 1.82) is 0 Å². The molecule has 3 heterocycles. The first kappa shape index (κ1) is 19.6. The summed E-state index contributed by atoms with van der Waals surface area (Å²) in [4.78, 5) is 22.3. The first-order chi connectivity index (χ1) is 14.1. The highest BCUT2D eigenvalue weighted by Gasteiger charge is 2.27. The summed E-state index contributed by atoms with van der Waals surface area (Å²) >= 11 is 1.59. The number of ether oxygens (including phenoxy) is 1. The minimum Gasteiger partial charge on any atom is -0.481 e. The summed E-state index contributed by atoms with van der Waals surface area (Å²) in [5.74, 6) is 1.96. The predicted octanol–water partition coefficient (Wildman–Crippen LogP) is 3.22. The second kappa shape index (κ2) is 8.75. The quantitative estimate of drug-likeness (QED) is 0.619. The van der Waals surface area contributed by atoms with Gasteiger partial charge in [-0.15, -0.1) is 11.3 Å². The van der Waals surface area contributed by atoms with E-state index in [9.17, 15) is 4.79 Å². The lowest BCUT2D eigenvalue weighted by atomic mass is 10.2. The van der Waals surface area contributed by atoms with Crippen LogP contribution in [0, 0.1) is 6.92 Å². The highest BCUT2D eigenvalue weighted by molar-refractivity contribution is 7.13. The van der Waals surface area contributed by atoms with Crippen LogP contribution in [0.5, 0.6) is 5.75 Å². The molecular weight excluding hydrogens is 388 g/mol. The van der Waals surface area contributed by atoms with Crippen LogP contribution < -0.4 is 4.74 Å². The van der Waals surface area contributed by atoms with E-state index in [4.69, 9.17) is 9.26 Å². The van der Waals surface area contributed by atoms with Crippen molar-refractivity contribution in [2.75, 3.05) is 26.2 Å². The molecular formula is C21H24N4O3S. The summed E-state index contributed by atoms with van der Waals surface area (Å²) in [6, 6.07) is 11.7. The Balaban J connectivity index is 1.26. The zero-order valence-electron chi connectivity index (χ0n) is 16.6. The molecule has 4 rings (SSSR count). The van der Waals surface area contributed by atoms with Crippen molar-refractivity contribution in [1.82, 2.24) is 19.9 Å². The van der Waals surface area contributed by atoms with Gasteiger partial charge in [0.25, 0.3) is 5.91 Å². The van der Waals surface area contributed by atoms with Gasteiger partial charge in [-0.05, 0) is 37.4 Å². The first-order valence-electron chi connectivity index (χ1n) is 9.69. The largest absolute Gasteiger partial charge is 0.481 e. The molecule has 8 heteroatoms. The number of nitrogens with zero attached hydrogens (tertiary/aromatic N) is 4. The van der Waals surface area contributed by atoms with E-state index in [0.29, 0.717) is 37.1 Å². The van der Waals surface area contributed by atoms with Crippen LogP contribution in [0.2, 0.25) is 0 Å². The van der Waals surface area contributed by atoms with Crippen molar-refractivity contribution in [3.8, 4) is 16.5 Å². The molecule has 1 aliphatic heterocycles. The van der Waals surface area contributed by atoms with E-state index >= 15 is 0 Å². The lowest BCUT2D eigenvalue weighted by Crippen LogP contribution is -2.51. The van der Waals surface area contributed by atoms with Gasteiger partial charge in [-0.3, -0.25) is 9.69 Å². The monoisotopic (exact) mass is 412 g/mol. The molecule has 3 aromatic rings. The number of hydrogen-bond acceptors (Lipinski definition) is 7. The zero-order chi connectivity index (χ0) is 20.2. The summed E-state index contributed by atoms with van der Waals surface area (Å²) < 4.78 is 11.2. The topological polar surface area (TPSA) is 71.7 Å². The molecule has 0 bridgehead atoms. The second-order valence-corrected chi connectivity index (χ2v) is 8.11. The minimum absolute atomic E-state index is 0.0167. The maximum absolute atomic E-state index is 12.7. The number of carbonyl (C=O) groups excluding carboxylic acids is 1. The van der Waals surface area contributed by atoms with E-state index in [1.165, 1.54) is 0 Å². The summed E-state index contributed by atoms with van der Waals surface area (Å²) in [5.41, 5.74) is 1.16. The van der Waals surface area contributed by atoms with Gasteiger partial charge in [0, 0.05) is 26.2 Å². The Morgan fingerprint density at radius 1 is 1.21 bits per heavy atom. The van der Waals surface area contributed by atoms with Crippen molar-refractivity contribution < 1.29 is 14.1 Å². The fourth-order valence-electron chi connectivity index (χ4n) is 3.27. The average Bonchev–Trinajstić information content (AvgIpc) is 3.41. The van der Waals surface area contributed by atoms with Crippen LogP contribution in [0.15, 0.2) is 46.3 Å². The fraction of sp³-hybridized carbons (Fsp3) is 0.381. The maximum atomic E-state index is 12.7. The molecule has 1 amide bonds. The van der Waals surface area contributed by atoms with Gasteiger partial charge in [-0.25, -0.2) is 0 Å². The van der Waals surface area contributed by atoms with E-state index in [2.05, 4.69) is 15.0 Å². The summed E-state index contributed by atoms with van der Waals surface area (Å²) in [7, 11) is 0. The van der Waals surface area contributed by atoms with Crippen LogP contribution in [-0.2, 0) is 11.3 Å². The molecule has 1 aromatic carbocycles. The van der Waals surface area contributed by atoms with Crippen LogP contribution in [0.1, 0.15) is 18.4 Å². The Hall–Kier alpha value is -2.71. The smallest absolute Gasteiger partial charge is 0.263 e. The molecule has 1 saturated heterocycles. The van der Waals surface area contributed by atoms with Gasteiger partial charge >= 0.3 is 0 Å². The summed E-state index contributed by atoms with van der Waals surface area (Å²) in [6.07, 6.45) is -0.506. The highest BCUT2D eigenvalue weighted by Crippen LogP contribution is 2.22. The van der Waals surface area contributed by atoms with E-state index in [1.807, 2.05) is 53.6 Å². The zero-order valence-corrected chi connectivity index (χ0v) is 17.4. The molecule has 1 unspecified atom stereocenters. The van der Waals surface area contributed by atoms with Crippen LogP contribution in [0.3, 0.4) is 0 Å². The first-order valence-corrected chi connectivity index (χ1v) is 10.6. The number of piperazine rings is 1. The van der Waals surface area contributed by atoms with Gasteiger partial charge in [0.15, 0.2) is 6.10 Å². The number of carbonyl (C=O) groups is 1. The third kappa shape index (κ3) is 4.83. The van der Waals surface area contributed by atoms with Crippen molar-refractivity contribution in [2.24, 2.45) is 0 Å². The predicted molar refractivity (Wildman–Crippen MR) is 111 cm³/mol. The van der Waals surface area contributed by atoms with E-state index in [-0.39, 0.29) is 5.91 Å². The Labute approximate surface area is 173 Å². The molecule has 1 aliphatic rings. The second-order valence-electron chi connectivity index (χ2n) is 7.16. The van der Waals surface area contributed by atoms with Gasteiger partial charge in [0.1, 0.15) is 5.75 Å². The average molecular weight is 413 g/mol. The summed E-state index contributed by atoms with van der Waals surface area (Å²) in [5, 5.41) is 6.04. The van der Waals surface area contributed by atoms with Crippen molar-refractivity contribution in [3.05, 3.63) is 53.2 Å². The third-order valence-corrected chi connectivity index (χ3v) is 5.80. The Morgan fingerprint density at radius 3 is 2.66 bits per heavy atom. The molecule has 0 saturated carbocycles. The van der Waals surface area contributed by atoms with E-state index < -0.39 is 6.10 Å². The normalized spacial score (nSPS) is 16.0. The number of hydrogen-bond donors (Lipinski definition) is 0. The van der Waals surface area contributed by atoms with Crippen molar-refractivity contribution in [2.45, 2.75) is 26.5 Å². The van der Waals surface area contributed by atoms with Gasteiger partial charge in [-0.1, -0.05) is 28.9 Å². The highest BCUT2D eigenvalue weighted by atomic mass is 32.1. The Morgan fingerprint density at radius 2 is 1.97 bits per heavy atom. The fourth-order valence-corrected chi connectivity index (χ4v) is 3.92. The number of aromatic nitrogens is 2. The SMILES string of the molecule is Cc1ccc(OC(C)C(=O)N2CCN(Cc3nc(-c4cccs4)no3)CC2)cc1. The number of benzene rings is 1. The molecule has 0 spiro atoms. The number of aryl methyl sites for hydroxylation is 1. The van der Waals surface area contributed by atoms with Crippen LogP contribution in [0.25, 0.3) is 10.7 Å². The molecule has 1 fully saturated rings. The lowest BCUT2D eigenvalue weighted by Gasteiger charge is -2.35. The van der Waals surface area contributed by atoms with Gasteiger partial charge in [-0.2, -0.15) is 4.98 Å². The Bertz CT molecular complexity index is 931. The van der Waals surface area contributed by atoms with Crippen LogP contribution >= 0.6 is 11.3 Å². The van der Waals surface area contributed by atoms with Crippen molar-refractivity contribution in [3.63, 3.8) is 0 Å². The van der Waals surface area contributed by atoms with Crippen LogP contribution in [0.4, 0.5) is 0 Å². The molecule has 152 valence electrons. The molecule has 0 N–H and O–H groups in total. The van der Waals surface area contributed by atoms with E-state index in [1.54, 1.807) is 18.3 Å². The van der Waals surface area contributed by atoms with E-state index in [0.717, 1.165) is 23.5 Å². The summed E-state index contributed by atoms with van der Waals surface area (Å²) in [6.45, 7) is 7.27.